The Morgan fingerprint density at radius 1 is 0.490 bits per heavy atom. The van der Waals surface area contributed by atoms with Crippen LogP contribution in [0.4, 0.5) is 0 Å². The van der Waals surface area contributed by atoms with Crippen LogP contribution in [0, 0.1) is 0 Å². The van der Waals surface area contributed by atoms with Gasteiger partial charge in [0.2, 0.25) is 0 Å². The number of hydrogen-bond donors (Lipinski definition) is 0. The molecule has 0 amide bonds. The summed E-state index contributed by atoms with van der Waals surface area (Å²) >= 11 is 13.3. The predicted octanol–water partition coefficient (Wildman–Crippen LogP) is 14.7. The zero-order valence-electron chi connectivity index (χ0n) is 31.1. The van der Waals surface area contributed by atoms with E-state index >= 15 is 0 Å². The van der Waals surface area contributed by atoms with Gasteiger partial charge in [-0.25, -0.2) is 0 Å². The number of rotatable bonds is 26. The Labute approximate surface area is 321 Å². The van der Waals surface area contributed by atoms with Crippen molar-refractivity contribution in [3.63, 3.8) is 0 Å². The highest BCUT2D eigenvalue weighted by molar-refractivity contribution is 7.21. The van der Waals surface area contributed by atoms with Crippen LogP contribution in [0.5, 0.6) is 0 Å². The van der Waals surface area contributed by atoms with Gasteiger partial charge in [0, 0.05) is 34.3 Å². The van der Waals surface area contributed by atoms with Crippen molar-refractivity contribution in [1.29, 1.82) is 0 Å². The Bertz CT molecular complexity index is 1510. The van der Waals surface area contributed by atoms with Crippen molar-refractivity contribution in [1.82, 2.24) is 9.97 Å². The highest BCUT2D eigenvalue weighted by Crippen LogP contribution is 2.44. The molecule has 3 heterocycles. The maximum atomic E-state index is 12.7. The van der Waals surface area contributed by atoms with Crippen LogP contribution >= 0.6 is 34.5 Å². The number of carbonyl (C=O) groups is 2. The summed E-state index contributed by atoms with van der Waals surface area (Å²) in [5, 5.41) is -0.0322. The number of halogens is 2. The van der Waals surface area contributed by atoms with Crippen LogP contribution in [0.1, 0.15) is 173 Å². The van der Waals surface area contributed by atoms with Crippen LogP contribution in [0.2, 0.25) is 0 Å². The fourth-order valence-corrected chi connectivity index (χ4v) is 8.49. The van der Waals surface area contributed by atoms with E-state index in [-0.39, 0.29) is 0 Å². The van der Waals surface area contributed by atoms with Crippen molar-refractivity contribution >= 4 is 55.8 Å². The molecule has 0 aliphatic rings. The molecule has 0 saturated heterocycles. The van der Waals surface area contributed by atoms with E-state index in [9.17, 15) is 9.59 Å². The summed E-state index contributed by atoms with van der Waals surface area (Å²) in [6, 6.07) is 12.2. The van der Waals surface area contributed by atoms with Gasteiger partial charge in [-0.05, 0) is 72.1 Å². The average Bonchev–Trinajstić information content (AvgIpc) is 3.55. The van der Waals surface area contributed by atoms with E-state index in [4.69, 9.17) is 33.2 Å². The van der Waals surface area contributed by atoms with Crippen LogP contribution in [-0.2, 0) is 12.8 Å². The third-order valence-electron chi connectivity index (χ3n) is 10.1. The first kappa shape index (κ1) is 41.2. The first-order valence-electron chi connectivity index (χ1n) is 19.8. The molecule has 0 fully saturated rings. The largest absolute Gasteiger partial charge is 0.275 e. The van der Waals surface area contributed by atoms with E-state index in [0.717, 1.165) is 59.5 Å². The highest BCUT2D eigenvalue weighted by Gasteiger charge is 2.26. The molecular weight excluding hydrogens is 691 g/mol. The second-order valence-electron chi connectivity index (χ2n) is 14.2. The summed E-state index contributed by atoms with van der Waals surface area (Å²) in [5.74, 6) is 0. The highest BCUT2D eigenvalue weighted by atomic mass is 35.5. The third kappa shape index (κ3) is 13.1. The number of hydrogen-bond acceptors (Lipinski definition) is 5. The molecule has 51 heavy (non-hydrogen) atoms. The zero-order chi connectivity index (χ0) is 36.3. The lowest BCUT2D eigenvalue weighted by molar-refractivity contribution is 0.107. The van der Waals surface area contributed by atoms with E-state index in [2.05, 4.69) is 26.0 Å². The lowest BCUT2D eigenvalue weighted by atomic mass is 9.95. The lowest BCUT2D eigenvalue weighted by Gasteiger charge is -2.11. The Balaban J connectivity index is 1.41. The van der Waals surface area contributed by atoms with Gasteiger partial charge >= 0.3 is 0 Å². The fraction of sp³-hybridized carbons (Fsp3) is 0.545. The Morgan fingerprint density at radius 2 is 0.824 bits per heavy atom. The van der Waals surface area contributed by atoms with Crippen molar-refractivity contribution in [2.75, 3.05) is 0 Å². The normalized spacial score (nSPS) is 11.5. The second-order valence-corrected chi connectivity index (χ2v) is 15.9. The molecule has 4 rings (SSSR count). The summed E-state index contributed by atoms with van der Waals surface area (Å²) in [6.45, 7) is 4.53. The van der Waals surface area contributed by atoms with Crippen molar-refractivity contribution < 1.29 is 9.59 Å². The summed E-state index contributed by atoms with van der Waals surface area (Å²) in [6.07, 6.45) is 32.1. The van der Waals surface area contributed by atoms with Gasteiger partial charge in [-0.1, -0.05) is 154 Å². The van der Waals surface area contributed by atoms with Gasteiger partial charge in [-0.15, -0.1) is 11.3 Å². The van der Waals surface area contributed by atoms with Crippen LogP contribution in [0.3, 0.4) is 0 Å². The number of thiophene rings is 1. The lowest BCUT2D eigenvalue weighted by Crippen LogP contribution is -1.95. The van der Waals surface area contributed by atoms with Crippen LogP contribution in [0.25, 0.3) is 33.3 Å². The minimum atomic E-state index is -0.620. The topological polar surface area (TPSA) is 59.9 Å². The van der Waals surface area contributed by atoms with Crippen molar-refractivity contribution in [2.24, 2.45) is 0 Å². The molecule has 0 unspecified atom stereocenters. The predicted molar refractivity (Wildman–Crippen MR) is 220 cm³/mol. The number of pyridine rings is 2. The summed E-state index contributed by atoms with van der Waals surface area (Å²) in [5.41, 5.74) is 5.35. The number of aromatic nitrogens is 2. The molecule has 0 spiro atoms. The summed E-state index contributed by atoms with van der Waals surface area (Å²) < 4.78 is 0. The minimum Gasteiger partial charge on any atom is -0.275 e. The number of nitrogens with zero attached hydrogens (tertiary/aromatic N) is 2. The van der Waals surface area contributed by atoms with Gasteiger partial charge < -0.3 is 0 Å². The first-order chi connectivity index (χ1) is 24.9. The molecule has 1 aromatic carbocycles. The van der Waals surface area contributed by atoms with Crippen molar-refractivity contribution in [3.05, 3.63) is 69.7 Å². The van der Waals surface area contributed by atoms with Gasteiger partial charge in [0.15, 0.2) is 0 Å². The van der Waals surface area contributed by atoms with Crippen LogP contribution in [0.15, 0.2) is 48.8 Å². The number of carbonyl (C=O) groups excluding carboxylic acids is 2. The minimum absolute atomic E-state index is 0.293. The molecule has 0 saturated carbocycles. The third-order valence-corrected chi connectivity index (χ3v) is 11.8. The van der Waals surface area contributed by atoms with E-state index < -0.39 is 10.5 Å². The first-order valence-corrected chi connectivity index (χ1v) is 21.4. The maximum Gasteiger partial charge on any atom is 0.263 e. The Hall–Kier alpha value is -2.60. The monoisotopic (exact) mass is 748 g/mol. The zero-order valence-corrected chi connectivity index (χ0v) is 33.4. The quantitative estimate of drug-likeness (QED) is 0.0474. The molecular formula is C44H58Cl2N2O2S. The SMILES string of the molecule is CCCCCCCCCCCCc1ccc(-c2ccc(-c3ccc(CCCCCCCCCCCC)cn3)c3c(C(=O)Cl)sc(C(=O)Cl)c23)nc1. The fourth-order valence-electron chi connectivity index (χ4n) is 7.08. The van der Waals surface area contributed by atoms with Crippen molar-refractivity contribution in [3.8, 4) is 22.5 Å². The number of unbranched alkanes of at least 4 members (excludes halogenated alkanes) is 18. The van der Waals surface area contributed by atoms with E-state index in [0.29, 0.717) is 20.5 Å². The van der Waals surface area contributed by atoms with Crippen LogP contribution < -0.4 is 0 Å². The summed E-state index contributed by atoms with van der Waals surface area (Å²) in [7, 11) is 0. The second kappa shape index (κ2) is 23.1. The van der Waals surface area contributed by atoms with E-state index in [1.807, 2.05) is 36.7 Å². The molecule has 3 aromatic heterocycles. The standard InChI is InChI=1S/C44H58Cl2N2O2S/c1-3-5-7-9-11-13-15-17-19-21-23-33-25-29-37(47-31-33)35-27-28-36(40-39(35)41(43(45)49)51-42(40)44(46)50)38-30-26-34(32-48-38)24-22-20-18-16-14-12-10-8-6-4-2/h25-32H,3-24H2,1-2H3. The molecule has 0 bridgehead atoms. The molecule has 0 N–H and O–H groups in total. The average molecular weight is 750 g/mol. The molecule has 7 heteroatoms. The van der Waals surface area contributed by atoms with E-state index in [1.54, 1.807) is 0 Å². The van der Waals surface area contributed by atoms with Gasteiger partial charge in [0.25, 0.3) is 10.5 Å². The molecule has 0 atom stereocenters. The van der Waals surface area contributed by atoms with Gasteiger partial charge in [0.05, 0.1) is 21.1 Å². The Kier molecular flexibility index (Phi) is 18.7. The maximum absolute atomic E-state index is 12.7. The van der Waals surface area contributed by atoms with Gasteiger partial charge in [-0.3, -0.25) is 19.6 Å². The van der Waals surface area contributed by atoms with Gasteiger partial charge in [0.1, 0.15) is 0 Å². The molecule has 0 aliphatic carbocycles. The number of benzene rings is 1. The number of aryl methyl sites for hydroxylation is 2. The smallest absolute Gasteiger partial charge is 0.263 e. The van der Waals surface area contributed by atoms with E-state index in [1.165, 1.54) is 127 Å². The molecule has 4 aromatic rings. The van der Waals surface area contributed by atoms with Crippen LogP contribution in [-0.4, -0.2) is 20.5 Å². The molecule has 0 aliphatic heterocycles. The summed E-state index contributed by atoms with van der Waals surface area (Å²) in [4.78, 5) is 35.7. The van der Waals surface area contributed by atoms with Crippen molar-refractivity contribution in [2.45, 2.75) is 155 Å². The van der Waals surface area contributed by atoms with Gasteiger partial charge in [-0.2, -0.15) is 0 Å². The molecule has 0 radical (unpaired) electrons. The molecule has 276 valence electrons. The molecule has 4 nitrogen and oxygen atoms in total. The number of fused-ring (bicyclic) bond motifs is 1. The Morgan fingerprint density at radius 3 is 1.12 bits per heavy atom.